The Hall–Kier alpha value is -3.60. The molecule has 5 nitrogen and oxygen atoms in total. The number of amides is 2. The molecule has 2 amide bonds. The molecule has 1 atom stereocenters. The number of anilines is 1. The number of hydrogen-bond donors (Lipinski definition) is 2. The Morgan fingerprint density at radius 2 is 1.61 bits per heavy atom. The van der Waals surface area contributed by atoms with Gasteiger partial charge in [-0.05, 0) is 61.1 Å². The predicted molar refractivity (Wildman–Crippen MR) is 133 cm³/mol. The number of hydrogen-bond acceptors (Lipinski definition) is 3. The van der Waals surface area contributed by atoms with Crippen molar-refractivity contribution in [1.29, 1.82) is 0 Å². The van der Waals surface area contributed by atoms with Crippen molar-refractivity contribution in [2.24, 2.45) is 0 Å². The second kappa shape index (κ2) is 11.3. The third-order valence-electron chi connectivity index (χ3n) is 5.44. The largest absolute Gasteiger partial charge is 0.481 e. The second-order valence-corrected chi connectivity index (χ2v) is 8.48. The Bertz CT molecular complexity index is 1090. The van der Waals surface area contributed by atoms with E-state index in [2.05, 4.69) is 24.5 Å². The van der Waals surface area contributed by atoms with Gasteiger partial charge in [0.25, 0.3) is 11.8 Å². The van der Waals surface area contributed by atoms with Gasteiger partial charge in [-0.2, -0.15) is 0 Å². The average molecular weight is 445 g/mol. The number of benzene rings is 3. The molecule has 3 aromatic carbocycles. The van der Waals surface area contributed by atoms with Crippen LogP contribution in [0.25, 0.3) is 0 Å². The first-order chi connectivity index (χ1) is 15.8. The van der Waals surface area contributed by atoms with Crippen molar-refractivity contribution in [1.82, 2.24) is 5.32 Å². The summed E-state index contributed by atoms with van der Waals surface area (Å²) in [5.41, 5.74) is 4.16. The summed E-state index contributed by atoms with van der Waals surface area (Å²) in [5.74, 6) is 0.447. The van der Waals surface area contributed by atoms with Crippen LogP contribution in [-0.4, -0.2) is 24.5 Å². The van der Waals surface area contributed by atoms with Gasteiger partial charge in [0.15, 0.2) is 6.10 Å². The molecule has 3 aromatic rings. The van der Waals surface area contributed by atoms with Crippen LogP contribution in [0.3, 0.4) is 0 Å². The highest BCUT2D eigenvalue weighted by Gasteiger charge is 2.20. The molecule has 33 heavy (non-hydrogen) atoms. The molecular weight excluding hydrogens is 412 g/mol. The predicted octanol–water partition coefficient (Wildman–Crippen LogP) is 5.50. The standard InChI is InChI=1S/C28H32N2O3/c1-19(2)23-15-14-20(3)18-26(23)33-21(4)27(31)30-25-13-9-8-12-24(25)28(32)29-17-16-22-10-6-5-7-11-22/h5-15,18-19,21H,16-17H2,1-4H3,(H,29,32)(H,30,31). The average Bonchev–Trinajstić information content (AvgIpc) is 2.80. The molecule has 0 bridgehead atoms. The minimum Gasteiger partial charge on any atom is -0.481 e. The third-order valence-corrected chi connectivity index (χ3v) is 5.44. The smallest absolute Gasteiger partial charge is 0.265 e. The van der Waals surface area contributed by atoms with Crippen LogP contribution in [-0.2, 0) is 11.2 Å². The molecule has 3 rings (SSSR count). The van der Waals surface area contributed by atoms with Crippen molar-refractivity contribution in [2.75, 3.05) is 11.9 Å². The van der Waals surface area contributed by atoms with E-state index in [1.807, 2.05) is 55.5 Å². The molecule has 172 valence electrons. The fourth-order valence-electron chi connectivity index (χ4n) is 3.55. The number of aryl methyl sites for hydroxylation is 1. The van der Waals surface area contributed by atoms with Crippen molar-refractivity contribution < 1.29 is 14.3 Å². The SMILES string of the molecule is Cc1ccc(C(C)C)c(OC(C)C(=O)Nc2ccccc2C(=O)NCCc2ccccc2)c1. The van der Waals surface area contributed by atoms with E-state index in [1.54, 1.807) is 31.2 Å². The van der Waals surface area contributed by atoms with Crippen LogP contribution in [0.15, 0.2) is 72.8 Å². The van der Waals surface area contributed by atoms with Crippen LogP contribution in [0, 0.1) is 6.92 Å². The van der Waals surface area contributed by atoms with Gasteiger partial charge < -0.3 is 15.4 Å². The second-order valence-electron chi connectivity index (χ2n) is 8.48. The molecule has 0 aliphatic rings. The lowest BCUT2D eigenvalue weighted by Crippen LogP contribution is -2.32. The van der Waals surface area contributed by atoms with Gasteiger partial charge in [0, 0.05) is 6.54 Å². The summed E-state index contributed by atoms with van der Waals surface area (Å²) in [4.78, 5) is 25.7. The summed E-state index contributed by atoms with van der Waals surface area (Å²) >= 11 is 0. The summed E-state index contributed by atoms with van der Waals surface area (Å²) < 4.78 is 6.02. The zero-order chi connectivity index (χ0) is 23.8. The number of para-hydroxylation sites is 1. The van der Waals surface area contributed by atoms with Crippen LogP contribution in [0.5, 0.6) is 5.75 Å². The van der Waals surface area contributed by atoms with Gasteiger partial charge in [0.1, 0.15) is 5.75 Å². The van der Waals surface area contributed by atoms with E-state index in [4.69, 9.17) is 4.74 Å². The van der Waals surface area contributed by atoms with Crippen molar-refractivity contribution in [2.45, 2.75) is 46.1 Å². The molecule has 0 aliphatic carbocycles. The lowest BCUT2D eigenvalue weighted by atomic mass is 10.0. The summed E-state index contributed by atoms with van der Waals surface area (Å²) in [6.45, 7) is 8.40. The van der Waals surface area contributed by atoms with Crippen molar-refractivity contribution in [3.05, 3.63) is 95.1 Å². The highest BCUT2D eigenvalue weighted by atomic mass is 16.5. The zero-order valence-electron chi connectivity index (χ0n) is 19.7. The summed E-state index contributed by atoms with van der Waals surface area (Å²) in [7, 11) is 0. The van der Waals surface area contributed by atoms with E-state index in [0.717, 1.165) is 23.1 Å². The first-order valence-corrected chi connectivity index (χ1v) is 11.3. The molecule has 0 fully saturated rings. The summed E-state index contributed by atoms with van der Waals surface area (Å²) in [6, 6.07) is 23.0. The molecule has 0 aliphatic heterocycles. The van der Waals surface area contributed by atoms with Crippen molar-refractivity contribution >= 4 is 17.5 Å². The first kappa shape index (κ1) is 24.1. The van der Waals surface area contributed by atoms with E-state index in [9.17, 15) is 9.59 Å². The summed E-state index contributed by atoms with van der Waals surface area (Å²) in [5, 5.41) is 5.79. The quantitative estimate of drug-likeness (QED) is 0.458. The Kier molecular flexibility index (Phi) is 8.25. The molecule has 0 radical (unpaired) electrons. The molecule has 5 heteroatoms. The topological polar surface area (TPSA) is 67.4 Å². The maximum absolute atomic E-state index is 12.9. The van der Waals surface area contributed by atoms with E-state index >= 15 is 0 Å². The van der Waals surface area contributed by atoms with E-state index in [1.165, 1.54) is 0 Å². The molecule has 2 N–H and O–H groups in total. The number of carbonyl (C=O) groups excluding carboxylic acids is 2. The molecule has 0 heterocycles. The van der Waals surface area contributed by atoms with Crippen LogP contribution in [0.2, 0.25) is 0 Å². The lowest BCUT2D eigenvalue weighted by molar-refractivity contribution is -0.122. The van der Waals surface area contributed by atoms with Gasteiger partial charge in [-0.25, -0.2) is 0 Å². The van der Waals surface area contributed by atoms with Crippen molar-refractivity contribution in [3.63, 3.8) is 0 Å². The highest BCUT2D eigenvalue weighted by molar-refractivity contribution is 6.04. The van der Waals surface area contributed by atoms with E-state index < -0.39 is 6.10 Å². The maximum Gasteiger partial charge on any atom is 0.265 e. The van der Waals surface area contributed by atoms with E-state index in [-0.39, 0.29) is 17.7 Å². The molecule has 0 saturated carbocycles. The van der Waals surface area contributed by atoms with Gasteiger partial charge in [0.05, 0.1) is 11.3 Å². The number of carbonyl (C=O) groups is 2. The molecular formula is C28H32N2O3. The zero-order valence-corrected chi connectivity index (χ0v) is 19.7. The number of rotatable bonds is 9. The van der Waals surface area contributed by atoms with Crippen LogP contribution in [0.1, 0.15) is 53.7 Å². The van der Waals surface area contributed by atoms with Crippen LogP contribution in [0.4, 0.5) is 5.69 Å². The van der Waals surface area contributed by atoms with Gasteiger partial charge >= 0.3 is 0 Å². The molecule has 0 saturated heterocycles. The molecule has 0 aromatic heterocycles. The van der Waals surface area contributed by atoms with Crippen LogP contribution >= 0.6 is 0 Å². The molecule has 1 unspecified atom stereocenters. The normalized spacial score (nSPS) is 11.7. The first-order valence-electron chi connectivity index (χ1n) is 11.3. The Morgan fingerprint density at radius 3 is 2.33 bits per heavy atom. The Morgan fingerprint density at radius 1 is 0.909 bits per heavy atom. The van der Waals surface area contributed by atoms with Crippen LogP contribution < -0.4 is 15.4 Å². The maximum atomic E-state index is 12.9. The van der Waals surface area contributed by atoms with E-state index in [0.29, 0.717) is 23.5 Å². The number of nitrogens with one attached hydrogen (secondary N) is 2. The van der Waals surface area contributed by atoms with Gasteiger partial charge in [-0.3, -0.25) is 9.59 Å². The minimum absolute atomic E-state index is 0.226. The lowest BCUT2D eigenvalue weighted by Gasteiger charge is -2.20. The third kappa shape index (κ3) is 6.69. The van der Waals surface area contributed by atoms with Gasteiger partial charge in [-0.1, -0.05) is 68.4 Å². The Balaban J connectivity index is 1.64. The highest BCUT2D eigenvalue weighted by Crippen LogP contribution is 2.28. The van der Waals surface area contributed by atoms with Crippen molar-refractivity contribution in [3.8, 4) is 5.75 Å². The fraction of sp³-hybridized carbons (Fsp3) is 0.286. The van der Waals surface area contributed by atoms with Gasteiger partial charge in [-0.15, -0.1) is 0 Å². The Labute approximate surface area is 196 Å². The summed E-state index contributed by atoms with van der Waals surface area (Å²) in [6.07, 6.45) is 0.0131. The minimum atomic E-state index is -0.724. The monoisotopic (exact) mass is 444 g/mol. The van der Waals surface area contributed by atoms with Gasteiger partial charge in [0.2, 0.25) is 0 Å². The number of ether oxygens (including phenoxy) is 1. The molecule has 0 spiro atoms. The fourth-order valence-corrected chi connectivity index (χ4v) is 3.55.